The maximum atomic E-state index is 5.52. The van der Waals surface area contributed by atoms with E-state index in [1.54, 1.807) is 12.0 Å². The molecule has 3 heterocycles. The molecule has 2 aliphatic heterocycles. The zero-order chi connectivity index (χ0) is 20.1. The fraction of sp³-hybridized carbons (Fsp3) is 0.500. The van der Waals surface area contributed by atoms with E-state index in [1.165, 1.54) is 17.7 Å². The number of fused-ring (bicyclic) bond motifs is 1. The summed E-state index contributed by atoms with van der Waals surface area (Å²) < 4.78 is 5.52. The molecule has 1 saturated heterocycles. The third kappa shape index (κ3) is 4.85. The lowest BCUT2D eigenvalue weighted by Gasteiger charge is -2.27. The number of aliphatic imine (C=N–C) groups is 1. The second kappa shape index (κ2) is 9.50. The van der Waals surface area contributed by atoms with Gasteiger partial charge in [-0.2, -0.15) is 0 Å². The first kappa shape index (κ1) is 20.0. The number of guanidine groups is 1. The van der Waals surface area contributed by atoms with E-state index in [0.29, 0.717) is 6.04 Å². The minimum Gasteiger partial charge on any atom is -0.495 e. The molecule has 2 aliphatic rings. The van der Waals surface area contributed by atoms with Gasteiger partial charge in [-0.25, -0.2) is 0 Å². The Hall–Kier alpha value is -2.25. The zero-order valence-electron chi connectivity index (χ0n) is 17.4. The summed E-state index contributed by atoms with van der Waals surface area (Å²) in [7, 11) is 3.58. The van der Waals surface area contributed by atoms with Crippen molar-refractivity contribution in [1.82, 2.24) is 15.5 Å². The van der Waals surface area contributed by atoms with Crippen LogP contribution in [0.25, 0.3) is 0 Å². The number of hydrogen-bond acceptors (Lipinski definition) is 5. The van der Waals surface area contributed by atoms with Gasteiger partial charge >= 0.3 is 0 Å². The highest BCUT2D eigenvalue weighted by molar-refractivity contribution is 7.10. The van der Waals surface area contributed by atoms with Crippen molar-refractivity contribution in [3.8, 4) is 5.75 Å². The van der Waals surface area contributed by atoms with E-state index < -0.39 is 0 Å². The van der Waals surface area contributed by atoms with Crippen LogP contribution < -0.4 is 20.3 Å². The Bertz CT molecular complexity index is 836. The van der Waals surface area contributed by atoms with Crippen molar-refractivity contribution < 1.29 is 4.74 Å². The van der Waals surface area contributed by atoms with Crippen LogP contribution in [0.3, 0.4) is 0 Å². The third-order valence-corrected chi connectivity index (χ3v) is 6.81. The fourth-order valence-electron chi connectivity index (χ4n) is 4.21. The van der Waals surface area contributed by atoms with Crippen LogP contribution in [0.5, 0.6) is 5.75 Å². The Morgan fingerprint density at radius 2 is 2.17 bits per heavy atom. The number of hydrogen-bond donors (Lipinski definition) is 2. The molecule has 0 bridgehead atoms. The molecule has 0 spiro atoms. The van der Waals surface area contributed by atoms with Crippen LogP contribution in [0.15, 0.2) is 40.7 Å². The van der Waals surface area contributed by atoms with E-state index in [9.17, 15) is 0 Å². The molecule has 1 aromatic heterocycles. The summed E-state index contributed by atoms with van der Waals surface area (Å²) in [4.78, 5) is 10.9. The van der Waals surface area contributed by atoms with E-state index in [-0.39, 0.29) is 0 Å². The van der Waals surface area contributed by atoms with E-state index in [0.717, 1.165) is 57.4 Å². The van der Waals surface area contributed by atoms with Gasteiger partial charge in [-0.3, -0.25) is 9.89 Å². The molecule has 0 aliphatic carbocycles. The first-order chi connectivity index (χ1) is 14.3. The van der Waals surface area contributed by atoms with Gasteiger partial charge in [0.2, 0.25) is 0 Å². The van der Waals surface area contributed by atoms with Gasteiger partial charge in [0.1, 0.15) is 5.75 Å². The molecule has 29 heavy (non-hydrogen) atoms. The SMILES string of the molecule is CN=C(NCCN1CCc2sccc2C1)NC1CCN(c2ccccc2OC)C1. The lowest BCUT2D eigenvalue weighted by molar-refractivity contribution is 0.260. The van der Waals surface area contributed by atoms with Gasteiger partial charge in [-0.1, -0.05) is 12.1 Å². The van der Waals surface area contributed by atoms with E-state index in [4.69, 9.17) is 4.74 Å². The van der Waals surface area contributed by atoms with Crippen LogP contribution in [0.1, 0.15) is 16.9 Å². The van der Waals surface area contributed by atoms with Crippen molar-refractivity contribution in [2.75, 3.05) is 51.8 Å². The van der Waals surface area contributed by atoms with Gasteiger partial charge in [-0.15, -0.1) is 11.3 Å². The number of rotatable bonds is 6. The van der Waals surface area contributed by atoms with Crippen molar-refractivity contribution in [1.29, 1.82) is 0 Å². The highest BCUT2D eigenvalue weighted by Crippen LogP contribution is 2.30. The van der Waals surface area contributed by atoms with Gasteiger partial charge in [0.05, 0.1) is 12.8 Å². The van der Waals surface area contributed by atoms with Crippen LogP contribution in [0.4, 0.5) is 5.69 Å². The minimum atomic E-state index is 0.384. The molecule has 2 N–H and O–H groups in total. The number of anilines is 1. The van der Waals surface area contributed by atoms with E-state index in [1.807, 2.05) is 30.5 Å². The monoisotopic (exact) mass is 413 g/mol. The highest BCUT2D eigenvalue weighted by Gasteiger charge is 2.25. The molecule has 4 rings (SSSR count). The summed E-state index contributed by atoms with van der Waals surface area (Å²) in [6.07, 6.45) is 2.27. The van der Waals surface area contributed by atoms with Gasteiger partial charge in [-0.05, 0) is 42.0 Å². The number of thiophene rings is 1. The third-order valence-electron chi connectivity index (χ3n) is 5.79. The molecule has 1 fully saturated rings. The van der Waals surface area contributed by atoms with Crippen LogP contribution in [0.2, 0.25) is 0 Å². The van der Waals surface area contributed by atoms with Gasteiger partial charge in [0.15, 0.2) is 5.96 Å². The lowest BCUT2D eigenvalue weighted by atomic mass is 10.1. The number of methoxy groups -OCH3 is 1. The van der Waals surface area contributed by atoms with Crippen molar-refractivity contribution in [3.63, 3.8) is 0 Å². The largest absolute Gasteiger partial charge is 0.495 e. The summed E-state index contributed by atoms with van der Waals surface area (Å²) >= 11 is 1.89. The molecule has 1 atom stereocenters. The van der Waals surface area contributed by atoms with Gasteiger partial charge in [0.25, 0.3) is 0 Å². The molecular formula is C22H31N5OS. The number of nitrogens with one attached hydrogen (secondary N) is 2. The number of nitrogens with zero attached hydrogens (tertiary/aromatic N) is 3. The molecule has 7 heteroatoms. The van der Waals surface area contributed by atoms with Crippen LogP contribution >= 0.6 is 11.3 Å². The normalized spacial score (nSPS) is 19.9. The Labute approximate surface area is 177 Å². The topological polar surface area (TPSA) is 52.1 Å². The van der Waals surface area contributed by atoms with E-state index in [2.05, 4.69) is 49.0 Å². The summed E-state index contributed by atoms with van der Waals surface area (Å²) in [6.45, 7) is 6.14. The van der Waals surface area contributed by atoms with Crippen LogP contribution in [0, 0.1) is 0 Å². The average molecular weight is 414 g/mol. The molecule has 0 amide bonds. The Morgan fingerprint density at radius 3 is 3.03 bits per heavy atom. The standard InChI is InChI=1S/C22H31N5OS/c1-23-22(24-10-13-26-11-8-21-17(15-26)9-14-29-21)25-18-7-12-27(16-18)19-5-3-4-6-20(19)28-2/h3-6,9,14,18H,7-8,10-13,15-16H2,1-2H3,(H2,23,24,25). The second-order valence-electron chi connectivity index (χ2n) is 7.64. The van der Waals surface area contributed by atoms with Crippen LogP contribution in [-0.4, -0.2) is 63.8 Å². The zero-order valence-corrected chi connectivity index (χ0v) is 18.2. The Morgan fingerprint density at radius 1 is 1.28 bits per heavy atom. The van der Waals surface area contributed by atoms with E-state index >= 15 is 0 Å². The lowest BCUT2D eigenvalue weighted by Crippen LogP contribution is -2.47. The maximum Gasteiger partial charge on any atom is 0.191 e. The second-order valence-corrected chi connectivity index (χ2v) is 8.64. The summed E-state index contributed by atoms with van der Waals surface area (Å²) in [5, 5.41) is 9.30. The number of ether oxygens (including phenoxy) is 1. The molecular weight excluding hydrogens is 382 g/mol. The molecule has 1 unspecified atom stereocenters. The first-order valence-electron chi connectivity index (χ1n) is 10.4. The highest BCUT2D eigenvalue weighted by atomic mass is 32.1. The van der Waals surface area contributed by atoms with Gasteiger partial charge < -0.3 is 20.3 Å². The van der Waals surface area contributed by atoms with Crippen LogP contribution in [-0.2, 0) is 13.0 Å². The molecule has 156 valence electrons. The van der Waals surface area contributed by atoms with Gasteiger partial charge in [0, 0.05) is 57.2 Å². The molecule has 0 saturated carbocycles. The fourth-order valence-corrected chi connectivity index (χ4v) is 5.10. The molecule has 2 aromatic rings. The predicted octanol–water partition coefficient (Wildman–Crippen LogP) is 2.56. The predicted molar refractivity (Wildman–Crippen MR) is 121 cm³/mol. The van der Waals surface area contributed by atoms with Crippen molar-refractivity contribution >= 4 is 23.0 Å². The number of para-hydroxylation sites is 2. The number of benzene rings is 1. The quantitative estimate of drug-likeness (QED) is 0.563. The van der Waals surface area contributed by atoms with Crippen molar-refractivity contribution in [3.05, 3.63) is 46.2 Å². The molecule has 1 aromatic carbocycles. The Kier molecular flexibility index (Phi) is 6.56. The van der Waals surface area contributed by atoms with Crippen molar-refractivity contribution in [2.24, 2.45) is 4.99 Å². The first-order valence-corrected chi connectivity index (χ1v) is 11.3. The molecule has 6 nitrogen and oxygen atoms in total. The average Bonchev–Trinajstić information content (AvgIpc) is 3.42. The van der Waals surface area contributed by atoms with Crippen molar-refractivity contribution in [2.45, 2.75) is 25.4 Å². The summed E-state index contributed by atoms with van der Waals surface area (Å²) in [5.41, 5.74) is 2.67. The molecule has 0 radical (unpaired) electrons. The smallest absolute Gasteiger partial charge is 0.191 e. The Balaban J connectivity index is 1.23. The minimum absolute atomic E-state index is 0.384. The summed E-state index contributed by atoms with van der Waals surface area (Å²) in [6, 6.07) is 10.9. The summed E-state index contributed by atoms with van der Waals surface area (Å²) in [5.74, 6) is 1.83. The maximum absolute atomic E-state index is 5.52.